The van der Waals surface area contributed by atoms with Gasteiger partial charge in [-0.25, -0.2) is 0 Å². The van der Waals surface area contributed by atoms with Crippen LogP contribution in [-0.2, 0) is 0 Å². The molecule has 0 aromatic rings. The molecule has 0 heterocycles. The molecule has 2 unspecified atom stereocenters. The van der Waals surface area contributed by atoms with Crippen molar-refractivity contribution in [3.63, 3.8) is 0 Å². The van der Waals surface area contributed by atoms with E-state index in [1.807, 2.05) is 0 Å². The van der Waals surface area contributed by atoms with Crippen LogP contribution in [0.1, 0.15) is 96.8 Å². The van der Waals surface area contributed by atoms with E-state index < -0.39 is 12.2 Å². The quantitative estimate of drug-likeness (QED) is 0.763. The predicted molar refractivity (Wildman–Crippen MR) is 85.8 cm³/mol. The number of aliphatic hydroxyl groups excluding tert-OH is 2. The van der Waals surface area contributed by atoms with E-state index in [0.717, 1.165) is 12.8 Å². The Hall–Kier alpha value is -0.0800. The fourth-order valence-corrected chi connectivity index (χ4v) is 3.46. The van der Waals surface area contributed by atoms with Crippen molar-refractivity contribution in [1.82, 2.24) is 0 Å². The van der Waals surface area contributed by atoms with Gasteiger partial charge in [0.05, 0.1) is 12.2 Å². The molecule has 1 aliphatic rings. The van der Waals surface area contributed by atoms with Crippen molar-refractivity contribution >= 4 is 0 Å². The van der Waals surface area contributed by atoms with Crippen LogP contribution in [0.15, 0.2) is 0 Å². The molecule has 0 radical (unpaired) electrons. The van der Waals surface area contributed by atoms with Gasteiger partial charge >= 0.3 is 0 Å². The second kappa shape index (κ2) is 11.6. The molecule has 1 rings (SSSR count). The number of rotatable bonds is 2. The summed E-state index contributed by atoms with van der Waals surface area (Å²) in [5.41, 5.74) is 0. The van der Waals surface area contributed by atoms with Gasteiger partial charge in [0.25, 0.3) is 0 Å². The van der Waals surface area contributed by atoms with E-state index in [2.05, 4.69) is 0 Å². The Morgan fingerprint density at radius 3 is 1.20 bits per heavy atom. The highest BCUT2D eigenvalue weighted by Gasteiger charge is 2.22. The molecule has 0 aliphatic heterocycles. The molecule has 2 nitrogen and oxygen atoms in total. The lowest BCUT2D eigenvalue weighted by Crippen LogP contribution is -2.31. The van der Waals surface area contributed by atoms with E-state index in [-0.39, 0.29) is 0 Å². The van der Waals surface area contributed by atoms with Gasteiger partial charge in [0, 0.05) is 0 Å². The molecule has 0 saturated heterocycles. The van der Waals surface area contributed by atoms with Crippen LogP contribution in [0, 0.1) is 5.92 Å². The van der Waals surface area contributed by atoms with Crippen molar-refractivity contribution in [2.75, 3.05) is 0 Å². The minimum Gasteiger partial charge on any atom is -0.391 e. The standard InChI is InChI=1S/C18H36O2/c1-16(19)18(20)17-14-12-10-8-6-4-2-3-5-7-9-11-13-15-17/h16-20H,2-15H2,1H3. The lowest BCUT2D eigenvalue weighted by molar-refractivity contribution is -0.0134. The monoisotopic (exact) mass is 284 g/mol. The van der Waals surface area contributed by atoms with E-state index in [1.165, 1.54) is 77.0 Å². The van der Waals surface area contributed by atoms with Gasteiger partial charge in [0.2, 0.25) is 0 Å². The molecule has 2 atom stereocenters. The van der Waals surface area contributed by atoms with E-state index in [9.17, 15) is 10.2 Å². The first kappa shape index (κ1) is 18.0. The molecule has 0 bridgehead atoms. The Balaban J connectivity index is 2.36. The molecule has 1 fully saturated rings. The molecule has 120 valence electrons. The normalized spacial score (nSPS) is 25.4. The van der Waals surface area contributed by atoms with E-state index in [1.54, 1.807) is 6.92 Å². The van der Waals surface area contributed by atoms with Gasteiger partial charge in [0.1, 0.15) is 0 Å². The van der Waals surface area contributed by atoms with Crippen molar-refractivity contribution in [2.24, 2.45) is 5.92 Å². The molecule has 0 aromatic carbocycles. The summed E-state index contributed by atoms with van der Waals surface area (Å²) in [7, 11) is 0. The van der Waals surface area contributed by atoms with Crippen LogP contribution >= 0.6 is 0 Å². The minimum atomic E-state index is -0.581. The number of hydrogen-bond acceptors (Lipinski definition) is 2. The second-order valence-electron chi connectivity index (χ2n) is 6.81. The summed E-state index contributed by atoms with van der Waals surface area (Å²) in [4.78, 5) is 0. The Bertz CT molecular complexity index is 199. The van der Waals surface area contributed by atoms with Gasteiger partial charge in [-0.05, 0) is 25.7 Å². The van der Waals surface area contributed by atoms with Gasteiger partial charge < -0.3 is 10.2 Å². The molecular formula is C18H36O2. The van der Waals surface area contributed by atoms with Crippen molar-refractivity contribution in [2.45, 2.75) is 109 Å². The Labute approximate surface area is 126 Å². The predicted octanol–water partition coefficient (Wildman–Crippen LogP) is 4.82. The number of aliphatic hydroxyl groups is 2. The van der Waals surface area contributed by atoms with E-state index in [0.29, 0.717) is 5.92 Å². The second-order valence-corrected chi connectivity index (χ2v) is 6.81. The average Bonchev–Trinajstić information content (AvgIpc) is 2.44. The lowest BCUT2D eigenvalue weighted by Gasteiger charge is -2.25. The molecule has 0 amide bonds. The third-order valence-electron chi connectivity index (χ3n) is 4.88. The van der Waals surface area contributed by atoms with Crippen LogP contribution in [0.3, 0.4) is 0 Å². The summed E-state index contributed by atoms with van der Waals surface area (Å²) < 4.78 is 0. The van der Waals surface area contributed by atoms with Crippen LogP contribution < -0.4 is 0 Å². The van der Waals surface area contributed by atoms with Crippen molar-refractivity contribution < 1.29 is 10.2 Å². The summed E-state index contributed by atoms with van der Waals surface area (Å²) in [6.07, 6.45) is 17.2. The highest BCUT2D eigenvalue weighted by Crippen LogP contribution is 2.24. The topological polar surface area (TPSA) is 40.5 Å². The third kappa shape index (κ3) is 8.26. The average molecular weight is 284 g/mol. The Morgan fingerprint density at radius 2 is 0.900 bits per heavy atom. The molecule has 0 aromatic heterocycles. The highest BCUT2D eigenvalue weighted by atomic mass is 16.3. The molecule has 2 N–H and O–H groups in total. The van der Waals surface area contributed by atoms with E-state index >= 15 is 0 Å². The zero-order chi connectivity index (χ0) is 14.6. The Kier molecular flexibility index (Phi) is 10.4. The minimum absolute atomic E-state index is 0.306. The van der Waals surface area contributed by atoms with Crippen LogP contribution in [0.4, 0.5) is 0 Å². The van der Waals surface area contributed by atoms with Gasteiger partial charge in [-0.1, -0.05) is 77.0 Å². The van der Waals surface area contributed by atoms with Gasteiger partial charge in [-0.15, -0.1) is 0 Å². The zero-order valence-corrected chi connectivity index (χ0v) is 13.5. The highest BCUT2D eigenvalue weighted by molar-refractivity contribution is 4.73. The summed E-state index contributed by atoms with van der Waals surface area (Å²) in [6.45, 7) is 1.72. The molecular weight excluding hydrogens is 248 g/mol. The van der Waals surface area contributed by atoms with Gasteiger partial charge in [0.15, 0.2) is 0 Å². The first-order valence-corrected chi connectivity index (χ1v) is 9.08. The smallest absolute Gasteiger partial charge is 0.0824 e. The van der Waals surface area contributed by atoms with Crippen LogP contribution in [0.5, 0.6) is 0 Å². The lowest BCUT2D eigenvalue weighted by atomic mass is 9.87. The summed E-state index contributed by atoms with van der Waals surface area (Å²) in [5, 5.41) is 19.8. The molecule has 1 aliphatic carbocycles. The maximum absolute atomic E-state index is 10.2. The first-order valence-electron chi connectivity index (χ1n) is 9.08. The molecule has 2 heteroatoms. The maximum atomic E-state index is 10.2. The van der Waals surface area contributed by atoms with Crippen LogP contribution in [0.25, 0.3) is 0 Å². The first-order chi connectivity index (χ1) is 9.72. The van der Waals surface area contributed by atoms with E-state index in [4.69, 9.17) is 0 Å². The number of hydrogen-bond donors (Lipinski definition) is 2. The molecule has 20 heavy (non-hydrogen) atoms. The van der Waals surface area contributed by atoms with Gasteiger partial charge in [-0.2, -0.15) is 0 Å². The van der Waals surface area contributed by atoms with Crippen LogP contribution in [0.2, 0.25) is 0 Å². The SMILES string of the molecule is CC(O)C(O)C1CCCCCCCCCCCCCC1. The van der Waals surface area contributed by atoms with Crippen LogP contribution in [-0.4, -0.2) is 22.4 Å². The summed E-state index contributed by atoms with van der Waals surface area (Å²) in [6, 6.07) is 0. The summed E-state index contributed by atoms with van der Waals surface area (Å²) in [5.74, 6) is 0.306. The fraction of sp³-hybridized carbons (Fsp3) is 1.00. The third-order valence-corrected chi connectivity index (χ3v) is 4.88. The Morgan fingerprint density at radius 1 is 0.600 bits per heavy atom. The van der Waals surface area contributed by atoms with Crippen molar-refractivity contribution in [3.8, 4) is 0 Å². The molecule has 1 saturated carbocycles. The largest absolute Gasteiger partial charge is 0.391 e. The maximum Gasteiger partial charge on any atom is 0.0824 e. The summed E-state index contributed by atoms with van der Waals surface area (Å²) >= 11 is 0. The zero-order valence-electron chi connectivity index (χ0n) is 13.5. The molecule has 0 spiro atoms. The fourth-order valence-electron chi connectivity index (χ4n) is 3.46. The van der Waals surface area contributed by atoms with Crippen molar-refractivity contribution in [1.29, 1.82) is 0 Å². The van der Waals surface area contributed by atoms with Crippen molar-refractivity contribution in [3.05, 3.63) is 0 Å². The van der Waals surface area contributed by atoms with Gasteiger partial charge in [-0.3, -0.25) is 0 Å².